The smallest absolute Gasteiger partial charge is 0.327 e. The molecule has 0 spiro atoms. The lowest BCUT2D eigenvalue weighted by Crippen LogP contribution is -2.19. The molecule has 3 aromatic rings. The highest BCUT2D eigenvalue weighted by molar-refractivity contribution is 5.98. The monoisotopic (exact) mass is 326 g/mol. The van der Waals surface area contributed by atoms with Crippen LogP contribution in [0.1, 0.15) is 26.3 Å². The van der Waals surface area contributed by atoms with Gasteiger partial charge in [-0.1, -0.05) is 38.0 Å². The summed E-state index contributed by atoms with van der Waals surface area (Å²) in [6, 6.07) is 10.6. The van der Waals surface area contributed by atoms with E-state index in [-0.39, 0.29) is 17.3 Å². The number of aromatic nitrogens is 2. The van der Waals surface area contributed by atoms with Gasteiger partial charge in [0.05, 0.1) is 6.26 Å². The summed E-state index contributed by atoms with van der Waals surface area (Å²) in [7, 11) is 0. The van der Waals surface area contributed by atoms with E-state index in [0.717, 1.165) is 0 Å². The molecule has 0 aliphatic rings. The Bertz CT molecular complexity index is 814. The van der Waals surface area contributed by atoms with Crippen molar-refractivity contribution in [2.24, 2.45) is 0 Å². The number of nitrogens with one attached hydrogen (secondary N) is 2. The van der Waals surface area contributed by atoms with E-state index in [1.54, 1.807) is 12.1 Å². The SMILES string of the molecule is CC(C)(C)c1ccc(NC(=O)Nc2nnc(-c3ccco3)o2)cc1. The van der Waals surface area contributed by atoms with Crippen LogP contribution < -0.4 is 10.6 Å². The van der Waals surface area contributed by atoms with Gasteiger partial charge >= 0.3 is 12.0 Å². The van der Waals surface area contributed by atoms with Crippen LogP contribution in [-0.2, 0) is 5.41 Å². The van der Waals surface area contributed by atoms with E-state index in [2.05, 4.69) is 41.6 Å². The van der Waals surface area contributed by atoms with E-state index in [4.69, 9.17) is 8.83 Å². The van der Waals surface area contributed by atoms with Crippen molar-refractivity contribution in [2.45, 2.75) is 26.2 Å². The van der Waals surface area contributed by atoms with Gasteiger partial charge in [0.2, 0.25) is 0 Å². The van der Waals surface area contributed by atoms with Gasteiger partial charge in [-0.2, -0.15) is 0 Å². The van der Waals surface area contributed by atoms with Gasteiger partial charge in [0, 0.05) is 5.69 Å². The van der Waals surface area contributed by atoms with Gasteiger partial charge in [-0.25, -0.2) is 4.79 Å². The molecule has 0 bridgehead atoms. The molecule has 2 amide bonds. The second-order valence-electron chi connectivity index (χ2n) is 6.30. The van der Waals surface area contributed by atoms with Crippen molar-refractivity contribution >= 4 is 17.7 Å². The number of carbonyl (C=O) groups excluding carboxylic acids is 1. The highest BCUT2D eigenvalue weighted by Gasteiger charge is 2.15. The summed E-state index contributed by atoms with van der Waals surface area (Å²) in [6.07, 6.45) is 1.50. The van der Waals surface area contributed by atoms with Crippen molar-refractivity contribution in [3.8, 4) is 11.7 Å². The molecule has 0 radical (unpaired) electrons. The van der Waals surface area contributed by atoms with Crippen molar-refractivity contribution in [3.05, 3.63) is 48.2 Å². The fourth-order valence-corrected chi connectivity index (χ4v) is 2.09. The average molecular weight is 326 g/mol. The Morgan fingerprint density at radius 3 is 2.42 bits per heavy atom. The molecule has 124 valence electrons. The molecular formula is C17H18N4O3. The molecule has 2 N–H and O–H groups in total. The summed E-state index contributed by atoms with van der Waals surface area (Å²) in [6.45, 7) is 6.40. The molecule has 0 unspecified atom stereocenters. The largest absolute Gasteiger partial charge is 0.459 e. The molecule has 2 aromatic heterocycles. The molecule has 0 saturated carbocycles. The van der Waals surface area contributed by atoms with Crippen molar-refractivity contribution in [3.63, 3.8) is 0 Å². The number of urea groups is 1. The maximum atomic E-state index is 12.0. The van der Waals surface area contributed by atoms with E-state index >= 15 is 0 Å². The highest BCUT2D eigenvalue weighted by Crippen LogP contribution is 2.24. The Balaban J connectivity index is 1.62. The second kappa shape index (κ2) is 6.19. The van der Waals surface area contributed by atoms with E-state index in [1.165, 1.54) is 11.8 Å². The zero-order valence-electron chi connectivity index (χ0n) is 13.7. The Hall–Kier alpha value is -3.09. The average Bonchev–Trinajstić information content (AvgIpc) is 3.17. The number of furan rings is 1. The summed E-state index contributed by atoms with van der Waals surface area (Å²) >= 11 is 0. The number of hydrogen-bond acceptors (Lipinski definition) is 5. The highest BCUT2D eigenvalue weighted by atomic mass is 16.4. The van der Waals surface area contributed by atoms with Crippen LogP contribution in [0.4, 0.5) is 16.5 Å². The number of rotatable bonds is 3. The number of amides is 2. The van der Waals surface area contributed by atoms with Crippen LogP contribution in [0, 0.1) is 0 Å². The summed E-state index contributed by atoms with van der Waals surface area (Å²) in [4.78, 5) is 12.0. The Kier molecular flexibility index (Phi) is 4.07. The molecule has 3 rings (SSSR count). The van der Waals surface area contributed by atoms with Crippen LogP contribution >= 0.6 is 0 Å². The number of carbonyl (C=O) groups is 1. The van der Waals surface area contributed by atoms with Crippen LogP contribution in [0.2, 0.25) is 0 Å². The predicted molar refractivity (Wildman–Crippen MR) is 89.8 cm³/mol. The minimum atomic E-state index is -0.465. The molecule has 1 aromatic carbocycles. The third-order valence-corrected chi connectivity index (χ3v) is 3.39. The molecule has 7 nitrogen and oxygen atoms in total. The second-order valence-corrected chi connectivity index (χ2v) is 6.30. The topological polar surface area (TPSA) is 93.2 Å². The van der Waals surface area contributed by atoms with E-state index in [9.17, 15) is 4.79 Å². The third-order valence-electron chi connectivity index (χ3n) is 3.39. The van der Waals surface area contributed by atoms with Gasteiger partial charge in [0.15, 0.2) is 5.76 Å². The Morgan fingerprint density at radius 1 is 1.04 bits per heavy atom. The lowest BCUT2D eigenvalue weighted by atomic mass is 9.87. The van der Waals surface area contributed by atoms with Gasteiger partial charge in [-0.15, -0.1) is 5.10 Å². The fraction of sp³-hybridized carbons (Fsp3) is 0.235. The molecule has 24 heavy (non-hydrogen) atoms. The summed E-state index contributed by atoms with van der Waals surface area (Å²) in [5, 5.41) is 12.8. The molecule has 0 fully saturated rings. The van der Waals surface area contributed by atoms with Crippen molar-refractivity contribution in [1.82, 2.24) is 10.2 Å². The van der Waals surface area contributed by atoms with E-state index in [0.29, 0.717) is 11.4 Å². The molecular weight excluding hydrogens is 308 g/mol. The maximum absolute atomic E-state index is 12.0. The minimum Gasteiger partial charge on any atom is -0.459 e. The third kappa shape index (κ3) is 3.62. The lowest BCUT2D eigenvalue weighted by molar-refractivity contribution is 0.261. The normalized spacial score (nSPS) is 11.3. The zero-order valence-corrected chi connectivity index (χ0v) is 13.7. The first-order valence-electron chi connectivity index (χ1n) is 7.48. The van der Waals surface area contributed by atoms with Crippen LogP contribution in [0.15, 0.2) is 51.5 Å². The minimum absolute atomic E-state index is 0.00906. The quantitative estimate of drug-likeness (QED) is 0.749. The van der Waals surface area contributed by atoms with Crippen LogP contribution in [-0.4, -0.2) is 16.2 Å². The van der Waals surface area contributed by atoms with Crippen LogP contribution in [0.3, 0.4) is 0 Å². The first-order valence-corrected chi connectivity index (χ1v) is 7.48. The first kappa shape index (κ1) is 15.8. The van der Waals surface area contributed by atoms with E-state index < -0.39 is 6.03 Å². The summed E-state index contributed by atoms with van der Waals surface area (Å²) in [5.41, 5.74) is 1.92. The summed E-state index contributed by atoms with van der Waals surface area (Å²) in [5.74, 6) is 0.638. The van der Waals surface area contributed by atoms with Crippen LogP contribution in [0.25, 0.3) is 11.7 Å². The van der Waals surface area contributed by atoms with Crippen molar-refractivity contribution < 1.29 is 13.6 Å². The molecule has 0 aliphatic heterocycles. The number of benzene rings is 1. The van der Waals surface area contributed by atoms with Gasteiger partial charge in [-0.3, -0.25) is 5.32 Å². The molecule has 0 aliphatic carbocycles. The predicted octanol–water partition coefficient (Wildman–Crippen LogP) is 4.27. The first-order chi connectivity index (χ1) is 11.4. The molecule has 0 saturated heterocycles. The van der Waals surface area contributed by atoms with Crippen molar-refractivity contribution in [2.75, 3.05) is 10.6 Å². The molecule has 0 atom stereocenters. The zero-order chi connectivity index (χ0) is 17.2. The van der Waals surface area contributed by atoms with E-state index in [1.807, 2.05) is 24.3 Å². The van der Waals surface area contributed by atoms with Gasteiger partial charge in [0.25, 0.3) is 5.89 Å². The van der Waals surface area contributed by atoms with Gasteiger partial charge < -0.3 is 14.2 Å². The Labute approximate surface area is 139 Å². The summed E-state index contributed by atoms with van der Waals surface area (Å²) < 4.78 is 10.5. The fourth-order valence-electron chi connectivity index (χ4n) is 2.09. The van der Waals surface area contributed by atoms with Crippen LogP contribution in [0.5, 0.6) is 0 Å². The number of nitrogens with zero attached hydrogens (tertiary/aromatic N) is 2. The number of anilines is 2. The maximum Gasteiger partial charge on any atom is 0.327 e. The standard InChI is InChI=1S/C17H18N4O3/c1-17(2,3)11-6-8-12(9-7-11)18-15(22)19-16-21-20-14(24-16)13-5-4-10-23-13/h4-10H,1-3H3,(H2,18,19,21,22). The van der Waals surface area contributed by atoms with Gasteiger partial charge in [0.1, 0.15) is 0 Å². The van der Waals surface area contributed by atoms with Gasteiger partial charge in [-0.05, 0) is 35.2 Å². The molecule has 7 heteroatoms. The van der Waals surface area contributed by atoms with Crippen molar-refractivity contribution in [1.29, 1.82) is 0 Å². The number of hydrogen-bond donors (Lipinski definition) is 2. The lowest BCUT2D eigenvalue weighted by Gasteiger charge is -2.19. The Morgan fingerprint density at radius 2 is 1.79 bits per heavy atom. The molecule has 2 heterocycles.